The minimum Gasteiger partial charge on any atom is -0.324 e. The Balaban J connectivity index is 1.53. The highest BCUT2D eigenvalue weighted by molar-refractivity contribution is 5.98. The maximum absolute atomic E-state index is 13.3. The number of benzene rings is 2. The third-order valence-electron chi connectivity index (χ3n) is 5.14. The number of carbonyl (C=O) groups excluding carboxylic acids is 2. The molecule has 1 N–H and O–H groups in total. The van der Waals surface area contributed by atoms with E-state index in [9.17, 15) is 24.1 Å². The molecule has 0 radical (unpaired) electrons. The quantitative estimate of drug-likeness (QED) is 0.455. The molecule has 3 rings (SSSR count). The number of nitrogens with zero attached hydrogens (tertiary/aromatic N) is 2. The van der Waals surface area contributed by atoms with Gasteiger partial charge in [0, 0.05) is 23.6 Å². The van der Waals surface area contributed by atoms with Crippen molar-refractivity contribution in [2.75, 3.05) is 25.0 Å². The van der Waals surface area contributed by atoms with Crippen LogP contribution in [0.25, 0.3) is 0 Å². The molecule has 29 heavy (non-hydrogen) atoms. The van der Waals surface area contributed by atoms with Crippen LogP contribution in [0, 0.1) is 28.8 Å². The van der Waals surface area contributed by atoms with Gasteiger partial charge < -0.3 is 5.32 Å². The number of likely N-dealkylation sites (tertiary alicyclic amines) is 1. The molecule has 1 heterocycles. The van der Waals surface area contributed by atoms with E-state index in [2.05, 4.69) is 5.32 Å². The number of rotatable bonds is 6. The van der Waals surface area contributed by atoms with Gasteiger partial charge >= 0.3 is 0 Å². The Morgan fingerprint density at radius 2 is 1.93 bits per heavy atom. The Morgan fingerprint density at radius 1 is 1.21 bits per heavy atom. The van der Waals surface area contributed by atoms with Crippen molar-refractivity contribution < 1.29 is 18.9 Å². The first kappa shape index (κ1) is 20.6. The van der Waals surface area contributed by atoms with Crippen LogP contribution in [0.1, 0.15) is 28.8 Å². The Bertz CT molecular complexity index is 939. The number of anilines is 1. The second kappa shape index (κ2) is 8.91. The van der Waals surface area contributed by atoms with E-state index in [1.54, 1.807) is 19.1 Å². The molecule has 0 atom stereocenters. The number of nitro benzene ring substituents is 1. The van der Waals surface area contributed by atoms with Crippen LogP contribution in [-0.2, 0) is 4.79 Å². The second-order valence-corrected chi connectivity index (χ2v) is 7.23. The Kier molecular flexibility index (Phi) is 6.33. The molecule has 1 amide bonds. The Morgan fingerprint density at radius 3 is 2.59 bits per heavy atom. The van der Waals surface area contributed by atoms with Gasteiger partial charge in [0.2, 0.25) is 5.91 Å². The summed E-state index contributed by atoms with van der Waals surface area (Å²) in [6.07, 6.45) is 1.19. The lowest BCUT2D eigenvalue weighted by molar-refractivity contribution is -0.384. The summed E-state index contributed by atoms with van der Waals surface area (Å²) in [5.41, 5.74) is 1.45. The van der Waals surface area contributed by atoms with Crippen LogP contribution < -0.4 is 5.32 Å². The SMILES string of the molecule is Cc1ccc([N+](=O)[O-])cc1NC(=O)CN1CCC(C(=O)c2cccc(F)c2)CC1. The summed E-state index contributed by atoms with van der Waals surface area (Å²) in [5.74, 6) is -0.944. The van der Waals surface area contributed by atoms with Gasteiger partial charge in [-0.25, -0.2) is 4.39 Å². The molecule has 0 bridgehead atoms. The van der Waals surface area contributed by atoms with E-state index in [-0.39, 0.29) is 29.8 Å². The number of amides is 1. The molecule has 1 aliphatic rings. The second-order valence-electron chi connectivity index (χ2n) is 7.23. The highest BCUT2D eigenvalue weighted by atomic mass is 19.1. The minimum absolute atomic E-state index is 0.0687. The number of hydrogen-bond donors (Lipinski definition) is 1. The molecule has 152 valence electrons. The van der Waals surface area contributed by atoms with Crippen LogP contribution in [0.15, 0.2) is 42.5 Å². The van der Waals surface area contributed by atoms with Gasteiger partial charge in [-0.15, -0.1) is 0 Å². The largest absolute Gasteiger partial charge is 0.324 e. The highest BCUT2D eigenvalue weighted by Crippen LogP contribution is 2.24. The van der Waals surface area contributed by atoms with Gasteiger partial charge in [0.05, 0.1) is 17.2 Å². The monoisotopic (exact) mass is 399 g/mol. The van der Waals surface area contributed by atoms with Crippen molar-refractivity contribution >= 4 is 23.1 Å². The summed E-state index contributed by atoms with van der Waals surface area (Å²) in [6.45, 7) is 3.06. The molecule has 2 aromatic carbocycles. The standard InChI is InChI=1S/C21H22FN3O4/c1-14-5-6-18(25(28)29)12-19(14)23-20(26)13-24-9-7-15(8-10-24)21(27)16-3-2-4-17(22)11-16/h2-6,11-12,15H,7-10,13H2,1H3,(H,23,26). The third-order valence-corrected chi connectivity index (χ3v) is 5.14. The smallest absolute Gasteiger partial charge is 0.271 e. The predicted octanol–water partition coefficient (Wildman–Crippen LogP) is 3.58. The molecule has 0 saturated carbocycles. The summed E-state index contributed by atoms with van der Waals surface area (Å²) in [5, 5.41) is 13.6. The van der Waals surface area contributed by atoms with Crippen LogP contribution in [-0.4, -0.2) is 41.1 Å². The fourth-order valence-electron chi connectivity index (χ4n) is 3.48. The third kappa shape index (κ3) is 5.23. The summed E-state index contributed by atoms with van der Waals surface area (Å²) >= 11 is 0. The summed E-state index contributed by atoms with van der Waals surface area (Å²) in [7, 11) is 0. The average molecular weight is 399 g/mol. The molecule has 0 aromatic heterocycles. The predicted molar refractivity (Wildman–Crippen MR) is 106 cm³/mol. The van der Waals surface area contributed by atoms with Gasteiger partial charge in [-0.05, 0) is 50.6 Å². The molecule has 1 saturated heterocycles. The van der Waals surface area contributed by atoms with Gasteiger partial charge in [-0.1, -0.05) is 18.2 Å². The molecule has 1 fully saturated rings. The topological polar surface area (TPSA) is 92.6 Å². The fraction of sp³-hybridized carbons (Fsp3) is 0.333. The van der Waals surface area contributed by atoms with E-state index in [1.165, 1.54) is 30.3 Å². The van der Waals surface area contributed by atoms with E-state index in [1.807, 2.05) is 4.90 Å². The van der Waals surface area contributed by atoms with E-state index in [4.69, 9.17) is 0 Å². The fourth-order valence-corrected chi connectivity index (χ4v) is 3.48. The molecule has 2 aromatic rings. The molecule has 0 spiro atoms. The van der Waals surface area contributed by atoms with Gasteiger partial charge in [0.25, 0.3) is 5.69 Å². The highest BCUT2D eigenvalue weighted by Gasteiger charge is 2.27. The number of non-ortho nitro benzene ring substituents is 1. The Labute approximate surface area is 167 Å². The number of halogens is 1. The first-order valence-corrected chi connectivity index (χ1v) is 9.40. The van der Waals surface area contributed by atoms with Gasteiger partial charge in [-0.2, -0.15) is 0 Å². The summed E-state index contributed by atoms with van der Waals surface area (Å²) < 4.78 is 13.3. The molecule has 8 heteroatoms. The van der Waals surface area contributed by atoms with Gasteiger partial charge in [0.15, 0.2) is 5.78 Å². The molecule has 1 aliphatic heterocycles. The van der Waals surface area contributed by atoms with Crippen LogP contribution in [0.4, 0.5) is 15.8 Å². The first-order chi connectivity index (χ1) is 13.8. The van der Waals surface area contributed by atoms with Crippen molar-refractivity contribution in [1.82, 2.24) is 4.90 Å². The molecule has 7 nitrogen and oxygen atoms in total. The zero-order valence-electron chi connectivity index (χ0n) is 16.1. The zero-order valence-corrected chi connectivity index (χ0v) is 16.1. The lowest BCUT2D eigenvalue weighted by atomic mass is 9.89. The van der Waals surface area contributed by atoms with Crippen molar-refractivity contribution in [1.29, 1.82) is 0 Å². The molecular formula is C21H22FN3O4. The number of ketones is 1. The van der Waals surface area contributed by atoms with Crippen LogP contribution in [0.5, 0.6) is 0 Å². The summed E-state index contributed by atoms with van der Waals surface area (Å²) in [4.78, 5) is 37.2. The van der Waals surface area contributed by atoms with Gasteiger partial charge in [0.1, 0.15) is 5.82 Å². The van der Waals surface area contributed by atoms with Crippen molar-refractivity contribution in [2.45, 2.75) is 19.8 Å². The van der Waals surface area contributed by atoms with E-state index in [0.717, 1.165) is 5.56 Å². The van der Waals surface area contributed by atoms with Crippen molar-refractivity contribution in [3.05, 3.63) is 69.5 Å². The van der Waals surface area contributed by atoms with Crippen molar-refractivity contribution in [3.8, 4) is 0 Å². The molecular weight excluding hydrogens is 377 g/mol. The number of aryl methyl sites for hydroxylation is 1. The zero-order chi connectivity index (χ0) is 21.0. The first-order valence-electron chi connectivity index (χ1n) is 9.40. The summed E-state index contributed by atoms with van der Waals surface area (Å²) in [6, 6.07) is 10.0. The van der Waals surface area contributed by atoms with Crippen LogP contribution in [0.3, 0.4) is 0 Å². The van der Waals surface area contributed by atoms with Crippen molar-refractivity contribution in [2.24, 2.45) is 5.92 Å². The lowest BCUT2D eigenvalue weighted by Crippen LogP contribution is -2.40. The number of piperidine rings is 1. The van der Waals surface area contributed by atoms with Crippen molar-refractivity contribution in [3.63, 3.8) is 0 Å². The van der Waals surface area contributed by atoms with E-state index in [0.29, 0.717) is 37.2 Å². The van der Waals surface area contributed by atoms with E-state index >= 15 is 0 Å². The maximum Gasteiger partial charge on any atom is 0.271 e. The average Bonchev–Trinajstić information content (AvgIpc) is 2.69. The van der Waals surface area contributed by atoms with Crippen LogP contribution in [0.2, 0.25) is 0 Å². The number of nitro groups is 1. The number of nitrogens with one attached hydrogen (secondary N) is 1. The lowest BCUT2D eigenvalue weighted by Gasteiger charge is -2.30. The minimum atomic E-state index is -0.504. The normalized spacial score (nSPS) is 15.1. The number of hydrogen-bond acceptors (Lipinski definition) is 5. The van der Waals surface area contributed by atoms with Gasteiger partial charge in [-0.3, -0.25) is 24.6 Å². The maximum atomic E-state index is 13.3. The van der Waals surface area contributed by atoms with Crippen LogP contribution >= 0.6 is 0 Å². The van der Waals surface area contributed by atoms with E-state index < -0.39 is 10.7 Å². The Hall–Kier alpha value is -3.13. The molecule has 0 aliphatic carbocycles. The molecule has 0 unspecified atom stereocenters. The number of Topliss-reactive ketones (excluding diaryl/α,β-unsaturated/α-hetero) is 1. The number of carbonyl (C=O) groups is 2.